The third kappa shape index (κ3) is 3.41. The summed E-state index contributed by atoms with van der Waals surface area (Å²) in [6.45, 7) is 1.97. The van der Waals surface area contributed by atoms with Crippen molar-refractivity contribution in [3.8, 4) is 0 Å². The van der Waals surface area contributed by atoms with E-state index < -0.39 is 0 Å². The van der Waals surface area contributed by atoms with Crippen molar-refractivity contribution in [3.05, 3.63) is 59.7 Å². The van der Waals surface area contributed by atoms with Crippen LogP contribution in [0.5, 0.6) is 0 Å². The molecule has 4 N–H and O–H groups in total. The molecule has 3 aromatic rings. The topological polar surface area (TPSA) is 93.4 Å². The summed E-state index contributed by atoms with van der Waals surface area (Å²) in [7, 11) is 1.69. The van der Waals surface area contributed by atoms with Crippen molar-refractivity contribution < 1.29 is 4.39 Å². The van der Waals surface area contributed by atoms with Crippen LogP contribution in [0.4, 0.5) is 15.9 Å². The number of halogens is 1. The molecule has 0 fully saturated rings. The maximum Gasteiger partial charge on any atom is 0.166 e. The van der Waals surface area contributed by atoms with Crippen molar-refractivity contribution in [1.29, 1.82) is 0 Å². The number of anilines is 2. The summed E-state index contributed by atoms with van der Waals surface area (Å²) in [5, 5.41) is 2.18. The Bertz CT molecular complexity index is 953. The molecule has 2 heterocycles. The zero-order chi connectivity index (χ0) is 18.0. The Labute approximate surface area is 145 Å². The van der Waals surface area contributed by atoms with E-state index in [4.69, 9.17) is 11.6 Å². The van der Waals surface area contributed by atoms with E-state index in [1.807, 2.05) is 13.0 Å². The molecule has 0 amide bonds. The van der Waals surface area contributed by atoms with Gasteiger partial charge in [0.15, 0.2) is 5.82 Å². The number of rotatable bonds is 4. The number of hydrogen-bond acceptors (Lipinski definition) is 6. The van der Waals surface area contributed by atoms with Gasteiger partial charge in [0.05, 0.1) is 29.2 Å². The Kier molecular flexibility index (Phi) is 4.58. The minimum absolute atomic E-state index is 0.125. The highest BCUT2D eigenvalue weighted by Gasteiger charge is 2.14. The molecule has 2 aromatic heterocycles. The molecule has 0 atom stereocenters. The lowest BCUT2D eigenvalue weighted by Gasteiger charge is -2.20. The highest BCUT2D eigenvalue weighted by Crippen LogP contribution is 2.23. The monoisotopic (exact) mass is 338 g/mol. The van der Waals surface area contributed by atoms with E-state index in [0.29, 0.717) is 28.3 Å². The number of benzene rings is 1. The van der Waals surface area contributed by atoms with Crippen molar-refractivity contribution in [2.75, 3.05) is 17.8 Å². The average Bonchev–Trinajstić information content (AvgIpc) is 2.62. The lowest BCUT2D eigenvalue weighted by atomic mass is 10.1. The molecule has 0 saturated carbocycles. The lowest BCUT2D eigenvalue weighted by molar-refractivity contribution is 0.606. The summed E-state index contributed by atoms with van der Waals surface area (Å²) >= 11 is 0. The maximum atomic E-state index is 14.4. The molecule has 0 saturated heterocycles. The number of pyridine rings is 2. The van der Waals surface area contributed by atoms with Crippen LogP contribution in [0, 0.1) is 5.82 Å². The zero-order valence-corrected chi connectivity index (χ0v) is 14.1. The van der Waals surface area contributed by atoms with Gasteiger partial charge in [-0.15, -0.1) is 0 Å². The fourth-order valence-electron chi connectivity index (χ4n) is 2.53. The second kappa shape index (κ2) is 6.82. The lowest BCUT2D eigenvalue weighted by Crippen LogP contribution is -2.32. The van der Waals surface area contributed by atoms with E-state index in [9.17, 15) is 4.39 Å². The third-order valence-corrected chi connectivity index (χ3v) is 4.00. The van der Waals surface area contributed by atoms with Gasteiger partial charge in [-0.1, -0.05) is 6.07 Å². The van der Waals surface area contributed by atoms with Crippen LogP contribution < -0.4 is 16.6 Å². The number of aromatic nitrogens is 2. The van der Waals surface area contributed by atoms with E-state index in [0.717, 1.165) is 11.1 Å². The average molecular weight is 338 g/mol. The van der Waals surface area contributed by atoms with Crippen molar-refractivity contribution in [1.82, 2.24) is 9.97 Å². The molecule has 1 aromatic carbocycles. The summed E-state index contributed by atoms with van der Waals surface area (Å²) in [5.41, 5.74) is 8.87. The molecule has 0 unspecified atom stereocenters. The number of nitrogens with two attached hydrogens (primary N) is 2. The van der Waals surface area contributed by atoms with Gasteiger partial charge >= 0.3 is 0 Å². The highest BCUT2D eigenvalue weighted by atomic mass is 19.1. The summed E-state index contributed by atoms with van der Waals surface area (Å²) in [6, 6.07) is 10.3. The Balaban J connectivity index is 1.95. The number of nitrogens with zero attached hydrogens (tertiary/aromatic N) is 4. The minimum Gasteiger partial charge on any atom is -0.396 e. The largest absolute Gasteiger partial charge is 0.396 e. The first-order valence-corrected chi connectivity index (χ1v) is 7.75. The van der Waals surface area contributed by atoms with Crippen LogP contribution in [0.1, 0.15) is 18.2 Å². The van der Waals surface area contributed by atoms with Crippen molar-refractivity contribution >= 4 is 28.1 Å². The van der Waals surface area contributed by atoms with Crippen molar-refractivity contribution in [2.24, 2.45) is 10.8 Å². The molecule has 0 spiro atoms. The summed E-state index contributed by atoms with van der Waals surface area (Å²) in [6.07, 6.45) is 1.63. The van der Waals surface area contributed by atoms with Crippen LogP contribution in [-0.4, -0.2) is 22.7 Å². The molecule has 128 valence electrons. The van der Waals surface area contributed by atoms with Crippen LogP contribution in [-0.2, 0) is 6.54 Å². The first-order valence-electron chi connectivity index (χ1n) is 7.75. The zero-order valence-electron chi connectivity index (χ0n) is 14.1. The molecule has 0 aliphatic rings. The molecular weight excluding hydrogens is 319 g/mol. The van der Waals surface area contributed by atoms with Gasteiger partial charge in [0.25, 0.3) is 0 Å². The van der Waals surface area contributed by atoms with Crippen LogP contribution in [0.2, 0.25) is 0 Å². The smallest absolute Gasteiger partial charge is 0.166 e. The van der Waals surface area contributed by atoms with Crippen LogP contribution in [0.25, 0.3) is 10.9 Å². The fourth-order valence-corrected chi connectivity index (χ4v) is 2.53. The molecule has 0 bridgehead atoms. The Morgan fingerprint density at radius 1 is 1.28 bits per heavy atom. The van der Waals surface area contributed by atoms with Crippen LogP contribution >= 0.6 is 0 Å². The first kappa shape index (κ1) is 16.8. The second-order valence-electron chi connectivity index (χ2n) is 5.69. The molecule has 0 aliphatic heterocycles. The SMILES string of the molecule is C/N=C(/C)c1ccc(N)c(N(N)Cc2cc3cccnc3cc2F)n1. The Morgan fingerprint density at radius 3 is 2.84 bits per heavy atom. The summed E-state index contributed by atoms with van der Waals surface area (Å²) in [4.78, 5) is 12.7. The molecule has 0 radical (unpaired) electrons. The van der Waals surface area contributed by atoms with Crippen molar-refractivity contribution in [2.45, 2.75) is 13.5 Å². The van der Waals surface area contributed by atoms with Gasteiger partial charge in [-0.25, -0.2) is 15.2 Å². The molecule has 0 aliphatic carbocycles. The predicted molar refractivity (Wildman–Crippen MR) is 98.9 cm³/mol. The van der Waals surface area contributed by atoms with Gasteiger partial charge in [0, 0.05) is 30.3 Å². The van der Waals surface area contributed by atoms with Gasteiger partial charge in [-0.3, -0.25) is 15.0 Å². The van der Waals surface area contributed by atoms with E-state index in [2.05, 4.69) is 15.0 Å². The fraction of sp³-hybridized carbons (Fsp3) is 0.167. The third-order valence-electron chi connectivity index (χ3n) is 4.00. The molecule has 6 nitrogen and oxygen atoms in total. The number of fused-ring (bicyclic) bond motifs is 1. The van der Waals surface area contributed by atoms with Gasteiger partial charge < -0.3 is 5.73 Å². The molecule has 3 rings (SSSR count). The molecular formula is C18H19FN6. The molecule has 7 heteroatoms. The number of nitrogen functional groups attached to an aromatic ring is 1. The van der Waals surface area contributed by atoms with Crippen LogP contribution in [0.15, 0.2) is 47.6 Å². The number of aliphatic imine (C=N–C) groups is 1. The van der Waals surface area contributed by atoms with Crippen molar-refractivity contribution in [3.63, 3.8) is 0 Å². The molecule has 25 heavy (non-hydrogen) atoms. The van der Waals surface area contributed by atoms with E-state index >= 15 is 0 Å². The van der Waals surface area contributed by atoms with Gasteiger partial charge in [0.1, 0.15) is 5.82 Å². The normalized spacial score (nSPS) is 11.8. The Hall–Kier alpha value is -3.06. The minimum atomic E-state index is -0.373. The second-order valence-corrected chi connectivity index (χ2v) is 5.69. The van der Waals surface area contributed by atoms with E-state index in [1.165, 1.54) is 11.1 Å². The summed E-state index contributed by atoms with van der Waals surface area (Å²) in [5.74, 6) is 6.13. The quantitative estimate of drug-likeness (QED) is 0.433. The van der Waals surface area contributed by atoms with E-state index in [-0.39, 0.29) is 12.4 Å². The number of hydrogen-bond donors (Lipinski definition) is 2. The Morgan fingerprint density at radius 2 is 2.08 bits per heavy atom. The number of hydrazine groups is 1. The van der Waals surface area contributed by atoms with Crippen LogP contribution in [0.3, 0.4) is 0 Å². The maximum absolute atomic E-state index is 14.4. The standard InChI is InChI=1S/C18H19FN6/c1-11(22-2)16-6-5-15(20)18(24-16)25(21)10-13-8-12-4-3-7-23-17(12)9-14(13)19/h3-9H,10,20-21H2,1-2H3/b22-11-. The van der Waals surface area contributed by atoms with Gasteiger partial charge in [-0.2, -0.15) is 0 Å². The summed E-state index contributed by atoms with van der Waals surface area (Å²) < 4.78 is 14.4. The van der Waals surface area contributed by atoms with E-state index in [1.54, 1.807) is 37.5 Å². The van der Waals surface area contributed by atoms with Gasteiger partial charge in [-0.05, 0) is 31.2 Å². The highest BCUT2D eigenvalue weighted by molar-refractivity contribution is 5.97. The van der Waals surface area contributed by atoms with Gasteiger partial charge in [0.2, 0.25) is 0 Å². The first-order chi connectivity index (χ1) is 12.0. The predicted octanol–water partition coefficient (Wildman–Crippen LogP) is 2.67.